The van der Waals surface area contributed by atoms with Crippen LogP contribution in [0, 0.1) is 17.8 Å². The van der Waals surface area contributed by atoms with Crippen LogP contribution in [-0.4, -0.2) is 19.3 Å². The lowest BCUT2D eigenvalue weighted by atomic mass is 9.52. The number of hydrogen-bond acceptors (Lipinski definition) is 3. The van der Waals surface area contributed by atoms with Gasteiger partial charge >= 0.3 is 0 Å². The molecule has 0 radical (unpaired) electrons. The smallest absolute Gasteiger partial charge is 0.130 e. The van der Waals surface area contributed by atoms with Gasteiger partial charge < -0.3 is 14.6 Å². The van der Waals surface area contributed by atoms with Gasteiger partial charge in [-0.3, -0.25) is 0 Å². The summed E-state index contributed by atoms with van der Waals surface area (Å²) in [7, 11) is 3.34. The highest BCUT2D eigenvalue weighted by Gasteiger charge is 2.53. The maximum atomic E-state index is 11.6. The second-order valence-electron chi connectivity index (χ2n) is 13.1. The fraction of sp³-hybridized carbons (Fsp3) is 0.371. The van der Waals surface area contributed by atoms with Crippen molar-refractivity contribution >= 4 is 10.8 Å². The van der Waals surface area contributed by atoms with Crippen molar-refractivity contribution < 1.29 is 14.6 Å². The molecule has 4 aromatic rings. The number of rotatable bonds is 3. The van der Waals surface area contributed by atoms with Crippen molar-refractivity contribution in [3.8, 4) is 39.5 Å². The summed E-state index contributed by atoms with van der Waals surface area (Å²) in [6.07, 6.45) is 3.36. The number of ether oxygens (including phenoxy) is 2. The van der Waals surface area contributed by atoms with Crippen molar-refractivity contribution in [2.75, 3.05) is 14.2 Å². The van der Waals surface area contributed by atoms with Gasteiger partial charge in [0, 0.05) is 22.4 Å². The highest BCUT2D eigenvalue weighted by molar-refractivity contribution is 6.07. The topological polar surface area (TPSA) is 38.7 Å². The Morgan fingerprint density at radius 2 is 1.39 bits per heavy atom. The molecule has 6 rings (SSSR count). The lowest BCUT2D eigenvalue weighted by Crippen LogP contribution is -2.43. The average molecular weight is 507 g/mol. The van der Waals surface area contributed by atoms with E-state index in [-0.39, 0.29) is 16.2 Å². The van der Waals surface area contributed by atoms with Crippen LogP contribution in [0.5, 0.6) is 17.2 Å². The Kier molecular flexibility index (Phi) is 5.41. The molecular weight excluding hydrogens is 468 g/mol. The van der Waals surface area contributed by atoms with Gasteiger partial charge in [0.05, 0.1) is 14.2 Å². The predicted octanol–water partition coefficient (Wildman–Crippen LogP) is 9.04. The third kappa shape index (κ3) is 3.62. The van der Waals surface area contributed by atoms with Crippen LogP contribution in [0.2, 0.25) is 0 Å². The zero-order valence-electron chi connectivity index (χ0n) is 23.7. The highest BCUT2D eigenvalue weighted by Crippen LogP contribution is 2.64. The van der Waals surface area contributed by atoms with Gasteiger partial charge in [0.15, 0.2) is 0 Å². The van der Waals surface area contributed by atoms with Crippen molar-refractivity contribution in [2.45, 2.75) is 59.3 Å². The molecule has 38 heavy (non-hydrogen) atoms. The Morgan fingerprint density at radius 1 is 0.684 bits per heavy atom. The highest BCUT2D eigenvalue weighted by atomic mass is 16.5. The number of benzene rings is 4. The second kappa shape index (κ2) is 8.27. The van der Waals surface area contributed by atoms with E-state index in [2.05, 4.69) is 77.1 Å². The maximum absolute atomic E-state index is 11.6. The first-order valence-corrected chi connectivity index (χ1v) is 13.6. The van der Waals surface area contributed by atoms with E-state index in [1.54, 1.807) is 14.2 Å². The van der Waals surface area contributed by atoms with E-state index >= 15 is 0 Å². The van der Waals surface area contributed by atoms with Crippen molar-refractivity contribution in [2.24, 2.45) is 10.8 Å². The van der Waals surface area contributed by atoms with E-state index in [1.165, 1.54) is 28.7 Å². The van der Waals surface area contributed by atoms with E-state index in [1.807, 2.05) is 18.2 Å². The Hall–Kier alpha value is -3.46. The van der Waals surface area contributed by atoms with Crippen LogP contribution in [0.1, 0.15) is 63.6 Å². The van der Waals surface area contributed by atoms with Gasteiger partial charge in [0.25, 0.3) is 0 Å². The van der Waals surface area contributed by atoms with Gasteiger partial charge in [-0.05, 0) is 100 Å². The average Bonchev–Trinajstić information content (AvgIpc) is 3.10. The third-order valence-electron chi connectivity index (χ3n) is 8.90. The molecule has 0 amide bonds. The van der Waals surface area contributed by atoms with Crippen molar-refractivity contribution in [3.05, 3.63) is 77.4 Å². The van der Waals surface area contributed by atoms with Gasteiger partial charge in [-0.1, -0.05) is 58.0 Å². The number of fused-ring (bicyclic) bond motifs is 7. The minimum Gasteiger partial charge on any atom is -0.507 e. The molecular formula is C35H38O3. The van der Waals surface area contributed by atoms with Gasteiger partial charge in [0.1, 0.15) is 17.2 Å². The largest absolute Gasteiger partial charge is 0.507 e. The Labute approximate surface area is 226 Å². The molecule has 1 saturated carbocycles. The molecule has 0 bridgehead atoms. The molecule has 0 aromatic heterocycles. The van der Waals surface area contributed by atoms with E-state index in [0.717, 1.165) is 51.8 Å². The van der Waals surface area contributed by atoms with Crippen LogP contribution in [-0.2, 0) is 5.41 Å². The lowest BCUT2D eigenvalue weighted by molar-refractivity contribution is 0.0645. The van der Waals surface area contributed by atoms with Crippen molar-refractivity contribution in [3.63, 3.8) is 0 Å². The molecule has 0 atom stereocenters. The van der Waals surface area contributed by atoms with E-state index in [9.17, 15) is 5.11 Å². The molecule has 0 saturated heterocycles. The van der Waals surface area contributed by atoms with Crippen molar-refractivity contribution in [1.82, 2.24) is 0 Å². The SMILES string of the molecule is COc1ccc(-c2cc3c(O)cc4c(c3cc2C)-c2ccccc2C42CC(C)(C)CC(C)(C)C2)c(OC)c1. The number of phenolic OH excluding ortho intramolecular Hbond substituents is 1. The summed E-state index contributed by atoms with van der Waals surface area (Å²) in [5.74, 6) is 1.86. The predicted molar refractivity (Wildman–Crippen MR) is 157 cm³/mol. The lowest BCUT2D eigenvalue weighted by Gasteiger charge is -2.51. The van der Waals surface area contributed by atoms with Crippen LogP contribution in [0.15, 0.2) is 60.7 Å². The molecule has 1 spiro atoms. The Morgan fingerprint density at radius 3 is 2.08 bits per heavy atom. The van der Waals surface area contributed by atoms with E-state index in [0.29, 0.717) is 5.75 Å². The Balaban J connectivity index is 1.64. The van der Waals surface area contributed by atoms with Gasteiger partial charge in [-0.2, -0.15) is 0 Å². The minimum atomic E-state index is -0.103. The first kappa shape index (κ1) is 24.9. The zero-order chi connectivity index (χ0) is 27.0. The minimum absolute atomic E-state index is 0.103. The molecule has 2 aliphatic rings. The van der Waals surface area contributed by atoms with Gasteiger partial charge in [-0.15, -0.1) is 0 Å². The van der Waals surface area contributed by atoms with Crippen LogP contribution in [0.3, 0.4) is 0 Å². The summed E-state index contributed by atoms with van der Waals surface area (Å²) in [5.41, 5.74) is 8.80. The molecule has 0 unspecified atom stereocenters. The zero-order valence-corrected chi connectivity index (χ0v) is 23.7. The third-order valence-corrected chi connectivity index (χ3v) is 8.90. The first-order valence-electron chi connectivity index (χ1n) is 13.6. The number of aryl methyl sites for hydroxylation is 1. The Bertz CT molecular complexity index is 1580. The van der Waals surface area contributed by atoms with E-state index in [4.69, 9.17) is 9.47 Å². The molecule has 1 N–H and O–H groups in total. The molecule has 196 valence electrons. The first-order chi connectivity index (χ1) is 18.0. The van der Waals surface area contributed by atoms with Crippen molar-refractivity contribution in [1.29, 1.82) is 0 Å². The number of methoxy groups -OCH3 is 2. The van der Waals surface area contributed by atoms with Gasteiger partial charge in [0.2, 0.25) is 0 Å². The van der Waals surface area contributed by atoms with Crippen LogP contribution in [0.25, 0.3) is 33.0 Å². The summed E-state index contributed by atoms with van der Waals surface area (Å²) in [6.45, 7) is 11.8. The number of aromatic hydroxyl groups is 1. The summed E-state index contributed by atoms with van der Waals surface area (Å²) in [5, 5.41) is 13.6. The molecule has 1 fully saturated rings. The number of hydrogen-bond donors (Lipinski definition) is 1. The van der Waals surface area contributed by atoms with Crippen LogP contribution >= 0.6 is 0 Å². The van der Waals surface area contributed by atoms with E-state index < -0.39 is 0 Å². The summed E-state index contributed by atoms with van der Waals surface area (Å²) in [6, 6.07) is 21.3. The fourth-order valence-corrected chi connectivity index (χ4v) is 8.30. The molecule has 0 aliphatic heterocycles. The summed E-state index contributed by atoms with van der Waals surface area (Å²) in [4.78, 5) is 0. The fourth-order valence-electron chi connectivity index (χ4n) is 8.30. The molecule has 4 aromatic carbocycles. The monoisotopic (exact) mass is 506 g/mol. The number of phenols is 1. The maximum Gasteiger partial charge on any atom is 0.130 e. The summed E-state index contributed by atoms with van der Waals surface area (Å²) < 4.78 is 11.1. The summed E-state index contributed by atoms with van der Waals surface area (Å²) >= 11 is 0. The molecule has 0 heterocycles. The molecule has 2 aliphatic carbocycles. The van der Waals surface area contributed by atoms with Crippen LogP contribution < -0.4 is 9.47 Å². The standard InChI is InChI=1S/C35H38O3/c1-21-14-27-26(16-25(21)23-13-12-22(37-6)15-31(23)38-7)30(36)17-29-32(27)24-10-8-9-11-28(24)35(29)19-33(2,3)18-34(4,5)20-35/h8-17,36H,18-20H2,1-7H3. The quantitative estimate of drug-likeness (QED) is 0.301. The van der Waals surface area contributed by atoms with Crippen LogP contribution in [0.4, 0.5) is 0 Å². The molecule has 3 heteroatoms. The molecule has 3 nitrogen and oxygen atoms in total. The second-order valence-corrected chi connectivity index (χ2v) is 13.1. The van der Waals surface area contributed by atoms with Gasteiger partial charge in [-0.25, -0.2) is 0 Å². The normalized spacial score (nSPS) is 18.3.